The van der Waals surface area contributed by atoms with E-state index in [0.29, 0.717) is 0 Å². The number of aryl methyl sites for hydroxylation is 2. The highest BCUT2D eigenvalue weighted by molar-refractivity contribution is 4.94. The molecule has 3 heteroatoms. The summed E-state index contributed by atoms with van der Waals surface area (Å²) in [5.74, 6) is 0. The average molecular weight is 170 g/mol. The molecule has 1 aromatic heterocycles. The van der Waals surface area contributed by atoms with Crippen LogP contribution in [0.3, 0.4) is 0 Å². The fraction of sp³-hybridized carbons (Fsp3) is 0.667. The van der Waals surface area contributed by atoms with Crippen molar-refractivity contribution >= 4 is 0 Å². The zero-order chi connectivity index (χ0) is 9.40. The summed E-state index contributed by atoms with van der Waals surface area (Å²) in [5.41, 5.74) is 1.03. The van der Waals surface area contributed by atoms with Crippen molar-refractivity contribution in [2.45, 2.75) is 33.7 Å². The highest BCUT2D eigenvalue weighted by Crippen LogP contribution is 1.93. The van der Waals surface area contributed by atoms with Crippen molar-refractivity contribution in [1.82, 2.24) is 9.78 Å². The van der Waals surface area contributed by atoms with Crippen LogP contribution in [0.1, 0.15) is 26.0 Å². The second kappa shape index (κ2) is 6.85. The summed E-state index contributed by atoms with van der Waals surface area (Å²) >= 11 is 0. The Balaban J connectivity index is 0.000000561. The predicted molar refractivity (Wildman–Crippen MR) is 50.0 cm³/mol. The summed E-state index contributed by atoms with van der Waals surface area (Å²) in [6, 6.07) is 1.96. The number of aromatic nitrogens is 2. The van der Waals surface area contributed by atoms with Crippen molar-refractivity contribution in [1.29, 1.82) is 0 Å². The summed E-state index contributed by atoms with van der Waals surface area (Å²) < 4.78 is 1.84. The Kier molecular flexibility index (Phi) is 6.38. The van der Waals surface area contributed by atoms with Gasteiger partial charge in [0.25, 0.3) is 0 Å². The van der Waals surface area contributed by atoms with E-state index in [1.807, 2.05) is 37.7 Å². The minimum atomic E-state index is 0.235. The van der Waals surface area contributed by atoms with Crippen LogP contribution >= 0.6 is 0 Å². The Morgan fingerprint density at radius 3 is 2.58 bits per heavy atom. The van der Waals surface area contributed by atoms with E-state index < -0.39 is 0 Å². The Morgan fingerprint density at radius 2 is 2.17 bits per heavy atom. The van der Waals surface area contributed by atoms with E-state index >= 15 is 0 Å². The fourth-order valence-corrected chi connectivity index (χ4v) is 0.820. The van der Waals surface area contributed by atoms with Crippen LogP contribution < -0.4 is 0 Å². The number of rotatable bonds is 3. The van der Waals surface area contributed by atoms with Gasteiger partial charge >= 0.3 is 0 Å². The van der Waals surface area contributed by atoms with Crippen molar-refractivity contribution < 1.29 is 5.11 Å². The quantitative estimate of drug-likeness (QED) is 0.748. The van der Waals surface area contributed by atoms with Gasteiger partial charge in [-0.15, -0.1) is 0 Å². The zero-order valence-corrected chi connectivity index (χ0v) is 8.12. The van der Waals surface area contributed by atoms with Gasteiger partial charge in [-0.2, -0.15) is 5.10 Å². The van der Waals surface area contributed by atoms with Crippen LogP contribution in [0.25, 0.3) is 0 Å². The maximum Gasteiger partial charge on any atom is 0.0593 e. The van der Waals surface area contributed by atoms with Crippen molar-refractivity contribution in [2.24, 2.45) is 0 Å². The lowest BCUT2D eigenvalue weighted by molar-refractivity contribution is 0.277. The van der Waals surface area contributed by atoms with E-state index in [1.165, 1.54) is 0 Å². The molecule has 1 N–H and O–H groups in total. The van der Waals surface area contributed by atoms with Gasteiger partial charge in [0, 0.05) is 19.3 Å². The van der Waals surface area contributed by atoms with Gasteiger partial charge in [-0.05, 0) is 19.4 Å². The number of aliphatic hydroxyl groups excluding tert-OH is 1. The predicted octanol–water partition coefficient (Wildman–Crippen LogP) is 1.60. The lowest BCUT2D eigenvalue weighted by Crippen LogP contribution is -2.00. The molecule has 1 aromatic rings. The van der Waals surface area contributed by atoms with E-state index in [0.717, 1.165) is 18.7 Å². The third kappa shape index (κ3) is 4.13. The van der Waals surface area contributed by atoms with Crippen LogP contribution in [-0.4, -0.2) is 21.5 Å². The molecule has 0 saturated carbocycles. The summed E-state index contributed by atoms with van der Waals surface area (Å²) in [6.45, 7) is 7.00. The first-order chi connectivity index (χ1) is 5.83. The largest absolute Gasteiger partial charge is 0.396 e. The van der Waals surface area contributed by atoms with Gasteiger partial charge in [-0.1, -0.05) is 13.8 Å². The Bertz CT molecular complexity index is 196. The molecule has 0 radical (unpaired) electrons. The van der Waals surface area contributed by atoms with Crippen LogP contribution in [0.5, 0.6) is 0 Å². The number of hydrogen-bond acceptors (Lipinski definition) is 2. The minimum absolute atomic E-state index is 0.235. The lowest BCUT2D eigenvalue weighted by atomic mass is 10.4. The second-order valence-corrected chi connectivity index (χ2v) is 2.30. The molecule has 3 nitrogen and oxygen atoms in total. The molecule has 0 fully saturated rings. The first kappa shape index (κ1) is 11.2. The van der Waals surface area contributed by atoms with Crippen LogP contribution in [-0.2, 0) is 6.54 Å². The van der Waals surface area contributed by atoms with E-state index in [2.05, 4.69) is 5.10 Å². The normalized spacial score (nSPS) is 9.00. The second-order valence-electron chi connectivity index (χ2n) is 2.30. The first-order valence-corrected chi connectivity index (χ1v) is 4.44. The Labute approximate surface area is 74.0 Å². The van der Waals surface area contributed by atoms with Gasteiger partial charge in [0.1, 0.15) is 0 Å². The highest BCUT2D eigenvalue weighted by Gasteiger charge is 1.91. The molecule has 0 spiro atoms. The number of hydrogen-bond donors (Lipinski definition) is 1. The SMILES string of the molecule is CC.Cc1ccn(CCCO)n1. The molecule has 0 unspecified atom stereocenters. The van der Waals surface area contributed by atoms with E-state index in [1.54, 1.807) is 0 Å². The van der Waals surface area contributed by atoms with E-state index in [4.69, 9.17) is 5.11 Å². The van der Waals surface area contributed by atoms with Gasteiger partial charge < -0.3 is 5.11 Å². The molecule has 0 aromatic carbocycles. The van der Waals surface area contributed by atoms with Crippen LogP contribution in [0, 0.1) is 6.92 Å². The monoisotopic (exact) mass is 170 g/mol. The van der Waals surface area contributed by atoms with Crippen molar-refractivity contribution in [3.63, 3.8) is 0 Å². The van der Waals surface area contributed by atoms with Gasteiger partial charge in [-0.25, -0.2) is 0 Å². The van der Waals surface area contributed by atoms with E-state index in [-0.39, 0.29) is 6.61 Å². The van der Waals surface area contributed by atoms with Gasteiger partial charge in [0.05, 0.1) is 5.69 Å². The first-order valence-electron chi connectivity index (χ1n) is 4.44. The van der Waals surface area contributed by atoms with Crippen molar-refractivity contribution in [3.05, 3.63) is 18.0 Å². The summed E-state index contributed by atoms with van der Waals surface area (Å²) in [5, 5.41) is 12.6. The maximum absolute atomic E-state index is 8.49. The molecule has 1 rings (SSSR count). The molecule has 0 aliphatic heterocycles. The molecule has 0 saturated heterocycles. The van der Waals surface area contributed by atoms with Crippen LogP contribution in [0.15, 0.2) is 12.3 Å². The fourth-order valence-electron chi connectivity index (χ4n) is 0.820. The zero-order valence-electron chi connectivity index (χ0n) is 8.12. The lowest BCUT2D eigenvalue weighted by Gasteiger charge is -1.96. The van der Waals surface area contributed by atoms with Crippen LogP contribution in [0.2, 0.25) is 0 Å². The maximum atomic E-state index is 8.49. The topological polar surface area (TPSA) is 38.0 Å². The number of nitrogens with zero attached hydrogens (tertiary/aromatic N) is 2. The van der Waals surface area contributed by atoms with Crippen molar-refractivity contribution in [3.8, 4) is 0 Å². The summed E-state index contributed by atoms with van der Waals surface area (Å²) in [7, 11) is 0. The molecule has 0 amide bonds. The van der Waals surface area contributed by atoms with Gasteiger partial charge in [0.15, 0.2) is 0 Å². The molecular formula is C9H18N2O. The summed E-state index contributed by atoms with van der Waals surface area (Å²) in [4.78, 5) is 0. The molecule has 0 aliphatic carbocycles. The van der Waals surface area contributed by atoms with Crippen molar-refractivity contribution in [2.75, 3.05) is 6.61 Å². The number of aliphatic hydroxyl groups is 1. The molecule has 0 bridgehead atoms. The molecule has 0 atom stereocenters. The van der Waals surface area contributed by atoms with E-state index in [9.17, 15) is 0 Å². The molecule has 12 heavy (non-hydrogen) atoms. The standard InChI is InChI=1S/C7H12N2O.C2H6/c1-7-3-5-9(8-7)4-2-6-10;1-2/h3,5,10H,2,4,6H2,1H3;1-2H3. The molecule has 0 aliphatic rings. The Hall–Kier alpha value is -0.830. The molecule has 1 heterocycles. The summed E-state index contributed by atoms with van der Waals surface area (Å²) in [6.07, 6.45) is 2.70. The molecular weight excluding hydrogens is 152 g/mol. The third-order valence-electron chi connectivity index (χ3n) is 1.32. The van der Waals surface area contributed by atoms with Gasteiger partial charge in [0.2, 0.25) is 0 Å². The minimum Gasteiger partial charge on any atom is -0.396 e. The van der Waals surface area contributed by atoms with Crippen LogP contribution in [0.4, 0.5) is 0 Å². The Morgan fingerprint density at radius 1 is 1.50 bits per heavy atom. The smallest absolute Gasteiger partial charge is 0.0593 e. The molecule has 70 valence electrons. The van der Waals surface area contributed by atoms with Gasteiger partial charge in [-0.3, -0.25) is 4.68 Å². The third-order valence-corrected chi connectivity index (χ3v) is 1.32. The average Bonchev–Trinajstić information content (AvgIpc) is 2.51. The highest BCUT2D eigenvalue weighted by atomic mass is 16.3.